The smallest absolute Gasteiger partial charge is 0.318 e. The molecule has 3 aliphatic carbocycles. The lowest BCUT2D eigenvalue weighted by Gasteiger charge is -2.44. The Morgan fingerprint density at radius 2 is 1.54 bits per heavy atom. The Morgan fingerprint density at radius 1 is 0.913 bits per heavy atom. The largest absolute Gasteiger partial charge is 0.455 e. The lowest BCUT2D eigenvalue weighted by Crippen LogP contribution is -2.49. The molecule has 3 fully saturated rings. The van der Waals surface area contributed by atoms with Gasteiger partial charge in [-0.2, -0.15) is 8.42 Å². The fourth-order valence-corrected chi connectivity index (χ4v) is 9.39. The standard InChI is InChI=1S/C35H32O10S/c1-15(2)21-14-24(16(3)12-25(21)46(39,40)41)42-34(37)27-28-30-32(45-35(28)38)31(29(27)43-30)44-33(36)23-13-22-17-8-4-6-10-19(17)26(23)20-11-7-5-9-18(20)22/h4-12,14-15,22-23,26-32H,13H2,1-3H3,(H,39,40,41). The Morgan fingerprint density at radius 3 is 2.15 bits per heavy atom. The maximum Gasteiger partial charge on any atom is 0.318 e. The third-order valence-electron chi connectivity index (χ3n) is 10.5. The lowest BCUT2D eigenvalue weighted by atomic mass is 9.59. The van der Waals surface area contributed by atoms with Gasteiger partial charge in [0.2, 0.25) is 0 Å². The minimum Gasteiger partial charge on any atom is -0.455 e. The number of benzene rings is 3. The Kier molecular flexibility index (Phi) is 6.52. The van der Waals surface area contributed by atoms with E-state index in [0.717, 1.165) is 11.1 Å². The molecule has 0 radical (unpaired) electrons. The second-order valence-corrected chi connectivity index (χ2v) is 14.6. The van der Waals surface area contributed by atoms with Gasteiger partial charge < -0.3 is 18.9 Å². The molecule has 3 aromatic rings. The minimum atomic E-state index is -4.52. The van der Waals surface area contributed by atoms with Gasteiger partial charge >= 0.3 is 17.9 Å². The van der Waals surface area contributed by atoms with Crippen molar-refractivity contribution in [2.45, 2.75) is 74.3 Å². The van der Waals surface area contributed by atoms with Gasteiger partial charge in [0.25, 0.3) is 10.1 Å². The van der Waals surface area contributed by atoms with Crippen LogP contribution in [-0.4, -0.2) is 55.3 Å². The Balaban J connectivity index is 1.07. The first-order valence-electron chi connectivity index (χ1n) is 15.5. The molecule has 0 amide bonds. The normalized spacial score (nSPS) is 31.4. The third-order valence-corrected chi connectivity index (χ3v) is 11.4. The third kappa shape index (κ3) is 4.21. The predicted octanol–water partition coefficient (Wildman–Crippen LogP) is 4.42. The van der Waals surface area contributed by atoms with Gasteiger partial charge in [0.15, 0.2) is 12.2 Å². The van der Waals surface area contributed by atoms with E-state index < -0.39 is 70.2 Å². The highest BCUT2D eigenvalue weighted by atomic mass is 32.2. The summed E-state index contributed by atoms with van der Waals surface area (Å²) in [6, 6.07) is 19.0. The second-order valence-electron chi connectivity index (χ2n) is 13.3. The molecule has 4 bridgehead atoms. The molecule has 7 unspecified atom stereocenters. The van der Waals surface area contributed by atoms with Gasteiger partial charge in [-0.1, -0.05) is 62.4 Å². The van der Waals surface area contributed by atoms with Crippen molar-refractivity contribution in [1.29, 1.82) is 0 Å². The van der Waals surface area contributed by atoms with Crippen LogP contribution in [0.3, 0.4) is 0 Å². The fraction of sp³-hybridized carbons (Fsp3) is 0.400. The number of rotatable bonds is 6. The number of aryl methyl sites for hydroxylation is 1. The first kappa shape index (κ1) is 29.3. The number of esters is 3. The van der Waals surface area contributed by atoms with Crippen LogP contribution in [0.1, 0.15) is 71.4 Å². The van der Waals surface area contributed by atoms with E-state index >= 15 is 0 Å². The van der Waals surface area contributed by atoms with Gasteiger partial charge in [0.05, 0.1) is 10.8 Å². The summed E-state index contributed by atoms with van der Waals surface area (Å²) in [7, 11) is -4.52. The van der Waals surface area contributed by atoms with Crippen molar-refractivity contribution >= 4 is 28.0 Å². The predicted molar refractivity (Wildman–Crippen MR) is 161 cm³/mol. The summed E-state index contributed by atoms with van der Waals surface area (Å²) in [6.07, 6.45) is -2.94. The molecular formula is C35H32O10S. The van der Waals surface area contributed by atoms with E-state index in [1.807, 2.05) is 24.3 Å². The molecule has 0 aromatic heterocycles. The topological polar surface area (TPSA) is 143 Å². The summed E-state index contributed by atoms with van der Waals surface area (Å²) in [5, 5.41) is 0. The van der Waals surface area contributed by atoms with E-state index in [1.54, 1.807) is 20.8 Å². The first-order valence-corrected chi connectivity index (χ1v) is 17.0. The SMILES string of the molecule is Cc1cc(S(=O)(=O)O)c(C(C)C)cc1OC(=O)C1C2OC3C(OC(=O)C31)C2OC(=O)C1CC2c3ccccc3C1c1ccccc12. The van der Waals surface area contributed by atoms with E-state index in [0.29, 0.717) is 12.0 Å². The van der Waals surface area contributed by atoms with Crippen LogP contribution in [0, 0.1) is 24.7 Å². The quantitative estimate of drug-likeness (QED) is 0.233. The van der Waals surface area contributed by atoms with E-state index in [2.05, 4.69) is 24.3 Å². The highest BCUT2D eigenvalue weighted by Crippen LogP contribution is 2.57. The highest BCUT2D eigenvalue weighted by molar-refractivity contribution is 7.85. The summed E-state index contributed by atoms with van der Waals surface area (Å²) < 4.78 is 57.4. The number of carbonyl (C=O) groups excluding carboxylic acids is 3. The van der Waals surface area contributed by atoms with Gasteiger partial charge in [-0.05, 0) is 64.8 Å². The Hall–Kier alpha value is -4.06. The number of carbonyl (C=O) groups is 3. The van der Waals surface area contributed by atoms with Crippen molar-refractivity contribution in [3.05, 3.63) is 94.0 Å². The fourth-order valence-electron chi connectivity index (χ4n) is 8.47. The van der Waals surface area contributed by atoms with Crippen molar-refractivity contribution < 1.29 is 46.3 Å². The molecule has 1 N–H and O–H groups in total. The summed E-state index contributed by atoms with van der Waals surface area (Å²) in [4.78, 5) is 40.5. The van der Waals surface area contributed by atoms with Crippen molar-refractivity contribution in [2.24, 2.45) is 17.8 Å². The molecule has 3 heterocycles. The summed E-state index contributed by atoms with van der Waals surface area (Å²) in [6.45, 7) is 5.05. The highest BCUT2D eigenvalue weighted by Gasteiger charge is 2.72. The van der Waals surface area contributed by atoms with Crippen molar-refractivity contribution in [3.8, 4) is 5.75 Å². The molecule has 238 valence electrons. The maximum absolute atomic E-state index is 14.0. The molecule has 7 atom stereocenters. The van der Waals surface area contributed by atoms with Gasteiger partial charge in [0, 0.05) is 11.8 Å². The Labute approximate surface area is 265 Å². The van der Waals surface area contributed by atoms with Crippen LogP contribution in [0.15, 0.2) is 65.6 Å². The molecular weight excluding hydrogens is 612 g/mol. The molecule has 3 aromatic carbocycles. The maximum atomic E-state index is 14.0. The van der Waals surface area contributed by atoms with Gasteiger partial charge in [-0.3, -0.25) is 18.9 Å². The van der Waals surface area contributed by atoms with Crippen LogP contribution in [0.5, 0.6) is 5.75 Å². The molecule has 46 heavy (non-hydrogen) atoms. The monoisotopic (exact) mass is 644 g/mol. The number of hydrogen-bond donors (Lipinski definition) is 1. The van der Waals surface area contributed by atoms with E-state index in [-0.39, 0.29) is 34.0 Å². The van der Waals surface area contributed by atoms with E-state index in [4.69, 9.17) is 18.9 Å². The van der Waals surface area contributed by atoms with Gasteiger partial charge in [-0.15, -0.1) is 0 Å². The average Bonchev–Trinajstić information content (AvgIpc) is 3.65. The number of hydrogen-bond acceptors (Lipinski definition) is 9. The molecule has 0 spiro atoms. The van der Waals surface area contributed by atoms with Crippen LogP contribution in [0.4, 0.5) is 0 Å². The minimum absolute atomic E-state index is 0.0498. The molecule has 3 saturated heterocycles. The number of ether oxygens (including phenoxy) is 4. The van der Waals surface area contributed by atoms with Crippen LogP contribution >= 0.6 is 0 Å². The number of fused-ring (bicyclic) bond motifs is 2. The zero-order chi connectivity index (χ0) is 32.2. The first-order chi connectivity index (χ1) is 21.9. The van der Waals surface area contributed by atoms with Crippen LogP contribution in [0.25, 0.3) is 0 Å². The molecule has 11 heteroatoms. The van der Waals surface area contributed by atoms with Crippen LogP contribution in [0.2, 0.25) is 0 Å². The Bertz CT molecular complexity index is 1890. The zero-order valence-electron chi connectivity index (χ0n) is 25.3. The molecule has 0 saturated carbocycles. The molecule has 9 rings (SSSR count). The molecule has 3 aliphatic heterocycles. The van der Waals surface area contributed by atoms with Crippen LogP contribution in [-0.2, 0) is 38.7 Å². The van der Waals surface area contributed by atoms with Gasteiger partial charge in [0.1, 0.15) is 29.8 Å². The zero-order valence-corrected chi connectivity index (χ0v) is 26.1. The molecule has 10 nitrogen and oxygen atoms in total. The summed E-state index contributed by atoms with van der Waals surface area (Å²) in [5.41, 5.74) is 5.22. The summed E-state index contributed by atoms with van der Waals surface area (Å²) >= 11 is 0. The second kappa shape index (κ2) is 10.2. The van der Waals surface area contributed by atoms with E-state index in [9.17, 15) is 27.4 Å². The summed E-state index contributed by atoms with van der Waals surface area (Å²) in [5.74, 6) is -4.64. The van der Waals surface area contributed by atoms with Crippen molar-refractivity contribution in [2.75, 3.05) is 0 Å². The average molecular weight is 645 g/mol. The van der Waals surface area contributed by atoms with Crippen LogP contribution < -0.4 is 4.74 Å². The molecule has 6 aliphatic rings. The van der Waals surface area contributed by atoms with E-state index in [1.165, 1.54) is 23.3 Å². The van der Waals surface area contributed by atoms with Crippen molar-refractivity contribution in [1.82, 2.24) is 0 Å². The lowest BCUT2D eigenvalue weighted by molar-refractivity contribution is -0.167. The van der Waals surface area contributed by atoms with Gasteiger partial charge in [-0.25, -0.2) is 0 Å². The van der Waals surface area contributed by atoms with Crippen molar-refractivity contribution in [3.63, 3.8) is 0 Å².